The van der Waals surface area contributed by atoms with Crippen LogP contribution in [0, 0.1) is 0 Å². The van der Waals surface area contributed by atoms with E-state index in [-0.39, 0.29) is 6.61 Å². The fourth-order valence-electron chi connectivity index (χ4n) is 1.07. The predicted molar refractivity (Wildman–Crippen MR) is 35.2 cm³/mol. The molecule has 0 unspecified atom stereocenters. The molecule has 10 heavy (non-hydrogen) atoms. The first-order valence-electron chi connectivity index (χ1n) is 3.25. The third-order valence-corrected chi connectivity index (χ3v) is 1.73. The normalized spacial score (nSPS) is 47.9. The highest BCUT2D eigenvalue weighted by atomic mass is 19.1. The largest absolute Gasteiger partial charge is 0.394 e. The summed E-state index contributed by atoms with van der Waals surface area (Å²) in [5.74, 6) is 0. The third kappa shape index (κ3) is 1.16. The summed E-state index contributed by atoms with van der Waals surface area (Å²) < 4.78 is 17.5. The number of ether oxygens (including phenoxy) is 1. The number of rotatable bonds is 1. The molecule has 1 aliphatic rings. The fourth-order valence-corrected chi connectivity index (χ4v) is 1.07. The molecule has 0 aromatic rings. The van der Waals surface area contributed by atoms with Crippen molar-refractivity contribution in [3.05, 3.63) is 0 Å². The first-order chi connectivity index (χ1) is 4.66. The SMILES string of the molecule is B[C@@H]1O[C@H](CO)[C@@H](O)[C@@H]1F. The first kappa shape index (κ1) is 7.98. The Hall–Kier alpha value is -0.125. The van der Waals surface area contributed by atoms with Gasteiger partial charge in [0.2, 0.25) is 0 Å². The van der Waals surface area contributed by atoms with E-state index in [1.165, 1.54) is 7.85 Å². The molecule has 0 radical (unpaired) electrons. The molecule has 0 aromatic carbocycles. The number of aliphatic hydroxyl groups is 2. The van der Waals surface area contributed by atoms with Crippen LogP contribution in [0.15, 0.2) is 0 Å². The van der Waals surface area contributed by atoms with Crippen LogP contribution in [0.1, 0.15) is 0 Å². The minimum atomic E-state index is -1.36. The number of halogens is 1. The van der Waals surface area contributed by atoms with Crippen LogP contribution >= 0.6 is 0 Å². The van der Waals surface area contributed by atoms with Crippen molar-refractivity contribution in [3.8, 4) is 0 Å². The summed E-state index contributed by atoms with van der Waals surface area (Å²) >= 11 is 0. The van der Waals surface area contributed by atoms with Crippen LogP contribution in [0.3, 0.4) is 0 Å². The summed E-state index contributed by atoms with van der Waals surface area (Å²) in [6, 6.07) is -0.604. The monoisotopic (exact) mass is 148 g/mol. The highest BCUT2D eigenvalue weighted by molar-refractivity contribution is 6.11. The Morgan fingerprint density at radius 1 is 1.60 bits per heavy atom. The zero-order chi connectivity index (χ0) is 7.72. The van der Waals surface area contributed by atoms with E-state index in [1.54, 1.807) is 0 Å². The van der Waals surface area contributed by atoms with Crippen molar-refractivity contribution in [2.45, 2.75) is 24.4 Å². The molecule has 3 nitrogen and oxygen atoms in total. The summed E-state index contributed by atoms with van der Waals surface area (Å²) in [5, 5.41) is 17.5. The van der Waals surface area contributed by atoms with Crippen molar-refractivity contribution < 1.29 is 19.3 Å². The van der Waals surface area contributed by atoms with Crippen molar-refractivity contribution in [1.82, 2.24) is 0 Å². The van der Waals surface area contributed by atoms with Gasteiger partial charge in [0.05, 0.1) is 12.6 Å². The lowest BCUT2D eigenvalue weighted by atomic mass is 9.94. The van der Waals surface area contributed by atoms with E-state index in [9.17, 15) is 4.39 Å². The van der Waals surface area contributed by atoms with Crippen molar-refractivity contribution in [2.75, 3.05) is 6.61 Å². The number of hydrogen-bond donors (Lipinski definition) is 2. The van der Waals surface area contributed by atoms with Gasteiger partial charge in [0, 0.05) is 0 Å². The summed E-state index contributed by atoms with van der Waals surface area (Å²) in [5.41, 5.74) is 0. The van der Waals surface area contributed by atoms with E-state index in [2.05, 4.69) is 0 Å². The minimum Gasteiger partial charge on any atom is -0.394 e. The molecule has 4 atom stereocenters. The van der Waals surface area contributed by atoms with Gasteiger partial charge in [0.1, 0.15) is 26.2 Å². The highest BCUT2D eigenvalue weighted by Crippen LogP contribution is 2.21. The van der Waals surface area contributed by atoms with Gasteiger partial charge in [-0.1, -0.05) is 0 Å². The maximum Gasteiger partial charge on any atom is 0.147 e. The van der Waals surface area contributed by atoms with Gasteiger partial charge in [-0.05, 0) is 0 Å². The molecule has 1 heterocycles. The Morgan fingerprint density at radius 2 is 2.20 bits per heavy atom. The Kier molecular flexibility index (Phi) is 2.28. The maximum absolute atomic E-state index is 12.7. The highest BCUT2D eigenvalue weighted by Gasteiger charge is 2.40. The summed E-state index contributed by atoms with van der Waals surface area (Å²) in [4.78, 5) is 0. The summed E-state index contributed by atoms with van der Waals surface area (Å²) in [6.45, 7) is -0.327. The maximum atomic E-state index is 12.7. The van der Waals surface area contributed by atoms with Gasteiger partial charge in [0.15, 0.2) is 0 Å². The summed E-state index contributed by atoms with van der Waals surface area (Å²) in [6.07, 6.45) is -3.28. The van der Waals surface area contributed by atoms with Gasteiger partial charge >= 0.3 is 0 Å². The molecular formula is C5H10BFO3. The molecule has 5 heteroatoms. The van der Waals surface area contributed by atoms with E-state index in [0.29, 0.717) is 0 Å². The van der Waals surface area contributed by atoms with Crippen molar-refractivity contribution >= 4 is 7.85 Å². The number of hydrogen-bond acceptors (Lipinski definition) is 3. The van der Waals surface area contributed by atoms with Gasteiger partial charge in [-0.25, -0.2) is 4.39 Å². The van der Waals surface area contributed by atoms with E-state index in [1.807, 2.05) is 0 Å². The lowest BCUT2D eigenvalue weighted by molar-refractivity contribution is -0.00566. The van der Waals surface area contributed by atoms with E-state index < -0.39 is 24.4 Å². The first-order valence-corrected chi connectivity index (χ1v) is 3.25. The quantitative estimate of drug-likeness (QED) is 0.424. The van der Waals surface area contributed by atoms with Gasteiger partial charge in [-0.3, -0.25) is 0 Å². The molecule has 0 spiro atoms. The average molecular weight is 148 g/mol. The topological polar surface area (TPSA) is 49.7 Å². The lowest BCUT2D eigenvalue weighted by Crippen LogP contribution is -2.30. The van der Waals surface area contributed by atoms with Gasteiger partial charge in [0.25, 0.3) is 0 Å². The Bertz CT molecular complexity index is 123. The molecular weight excluding hydrogens is 138 g/mol. The molecule has 2 N–H and O–H groups in total. The van der Waals surface area contributed by atoms with Gasteiger partial charge in [-0.15, -0.1) is 0 Å². The average Bonchev–Trinajstić information content (AvgIpc) is 2.17. The molecule has 1 fully saturated rings. The second-order valence-corrected chi connectivity index (χ2v) is 2.50. The Balaban J connectivity index is 2.53. The van der Waals surface area contributed by atoms with Crippen LogP contribution in [0.25, 0.3) is 0 Å². The van der Waals surface area contributed by atoms with Crippen LogP contribution in [-0.4, -0.2) is 49.0 Å². The van der Waals surface area contributed by atoms with E-state index >= 15 is 0 Å². The Morgan fingerprint density at radius 3 is 2.40 bits per heavy atom. The van der Waals surface area contributed by atoms with Crippen molar-refractivity contribution in [1.29, 1.82) is 0 Å². The van der Waals surface area contributed by atoms with Gasteiger partial charge in [-0.2, -0.15) is 0 Å². The molecule has 0 saturated carbocycles. The fraction of sp³-hybridized carbons (Fsp3) is 1.00. The minimum absolute atomic E-state index is 0.327. The van der Waals surface area contributed by atoms with E-state index in [0.717, 1.165) is 0 Å². The van der Waals surface area contributed by atoms with Crippen LogP contribution < -0.4 is 0 Å². The lowest BCUT2D eigenvalue weighted by Gasteiger charge is -2.09. The molecule has 0 aliphatic carbocycles. The smallest absolute Gasteiger partial charge is 0.147 e. The van der Waals surface area contributed by atoms with Crippen molar-refractivity contribution in [2.24, 2.45) is 0 Å². The van der Waals surface area contributed by atoms with Gasteiger partial charge < -0.3 is 14.9 Å². The molecule has 0 bridgehead atoms. The molecule has 0 aromatic heterocycles. The number of alkyl halides is 1. The molecule has 1 aliphatic heterocycles. The zero-order valence-electron chi connectivity index (χ0n) is 5.70. The second-order valence-electron chi connectivity index (χ2n) is 2.50. The standard InChI is InChI=1S/C5H10BFO3/c6-5-3(7)4(9)2(1-8)10-5/h2-5,8-9H,1,6H2/t2-,3+,4-,5-/m1/s1. The summed E-state index contributed by atoms with van der Waals surface area (Å²) in [7, 11) is 1.53. The molecule has 1 saturated heterocycles. The van der Waals surface area contributed by atoms with Crippen LogP contribution in [0.2, 0.25) is 0 Å². The molecule has 0 amide bonds. The molecule has 58 valence electrons. The molecule has 1 rings (SSSR count). The number of aliphatic hydroxyl groups excluding tert-OH is 2. The predicted octanol–water partition coefficient (Wildman–Crippen LogP) is -1.96. The van der Waals surface area contributed by atoms with Crippen LogP contribution in [0.5, 0.6) is 0 Å². The Labute approximate surface area is 59.2 Å². The van der Waals surface area contributed by atoms with Crippen LogP contribution in [0.4, 0.5) is 4.39 Å². The van der Waals surface area contributed by atoms with Crippen LogP contribution in [-0.2, 0) is 4.74 Å². The third-order valence-electron chi connectivity index (χ3n) is 1.73. The second kappa shape index (κ2) is 2.86. The zero-order valence-corrected chi connectivity index (χ0v) is 5.70. The van der Waals surface area contributed by atoms with Crippen molar-refractivity contribution in [3.63, 3.8) is 0 Å². The van der Waals surface area contributed by atoms with E-state index in [4.69, 9.17) is 14.9 Å².